The van der Waals surface area contributed by atoms with Crippen LogP contribution in [0, 0.1) is 10.1 Å². The van der Waals surface area contributed by atoms with E-state index in [2.05, 4.69) is 9.47 Å². The first-order valence-corrected chi connectivity index (χ1v) is 10.1. The minimum Gasteiger partial charge on any atom is -0.475 e. The van der Waals surface area contributed by atoms with Crippen LogP contribution in [-0.2, 0) is 20.3 Å². The number of carbonyl (C=O) groups excluding carboxylic acids is 1. The van der Waals surface area contributed by atoms with Crippen molar-refractivity contribution in [2.24, 2.45) is 0 Å². The summed E-state index contributed by atoms with van der Waals surface area (Å²) in [6.07, 6.45) is -5.72. The molecular weight excluding hydrogens is 619 g/mol. The van der Waals surface area contributed by atoms with Gasteiger partial charge in [0.05, 0.1) is 9.82 Å². The second-order valence-corrected chi connectivity index (χ2v) is 8.37. The van der Waals surface area contributed by atoms with Crippen molar-refractivity contribution in [1.82, 2.24) is 0 Å². The van der Waals surface area contributed by atoms with E-state index in [0.717, 1.165) is 0 Å². The Morgan fingerprint density at radius 1 is 0.897 bits per heavy atom. The Hall–Kier alpha value is -3.01. The number of hydrogen-bond acceptors (Lipinski definition) is 6. The lowest BCUT2D eigenvalue weighted by Gasteiger charge is -2.38. The van der Waals surface area contributed by atoms with E-state index in [-0.39, 0.29) is 6.07 Å². The normalized spacial score (nSPS) is 14.8. The number of nitro benzene ring substituents is 1. The van der Waals surface area contributed by atoms with Gasteiger partial charge in [-0.25, -0.2) is 17.8 Å². The van der Waals surface area contributed by atoms with E-state index in [1.54, 1.807) is 0 Å². The molecule has 39 heavy (non-hydrogen) atoms. The van der Waals surface area contributed by atoms with Gasteiger partial charge < -0.3 is 9.47 Å². The molecule has 0 aliphatic rings. The van der Waals surface area contributed by atoms with Crippen molar-refractivity contribution in [3.63, 3.8) is 0 Å². The van der Waals surface area contributed by atoms with Gasteiger partial charge in [-0.15, -0.1) is 0 Å². The smallest absolute Gasteiger partial charge is 0.475 e. The maximum Gasteiger partial charge on any atom is 0.475 e. The SMILES string of the molecule is O=C(COc1ccc(S(=O)C(F)(F)F)cc1[N+](=O)[O-])OCC(F)(F)C(F)(F)C(F)(F)C(F)(F)C(F)(F)C(F)F. The molecule has 0 amide bonds. The first-order chi connectivity index (χ1) is 17.3. The molecule has 0 N–H and O–H groups in total. The van der Waals surface area contributed by atoms with Gasteiger partial charge in [-0.1, -0.05) is 0 Å². The monoisotopic (exact) mass is 627 g/mol. The summed E-state index contributed by atoms with van der Waals surface area (Å²) in [7, 11) is -3.80. The lowest BCUT2D eigenvalue weighted by molar-refractivity contribution is -0.414. The summed E-state index contributed by atoms with van der Waals surface area (Å²) in [6, 6.07) is 0.665. The first-order valence-electron chi connectivity index (χ1n) is 8.98. The Morgan fingerprint density at radius 3 is 1.85 bits per heavy atom. The van der Waals surface area contributed by atoms with E-state index in [1.165, 1.54) is 0 Å². The average molecular weight is 627 g/mol. The summed E-state index contributed by atoms with van der Waals surface area (Å²) in [5.41, 5.74) is -6.81. The number of esters is 1. The zero-order valence-electron chi connectivity index (χ0n) is 17.7. The molecule has 0 aliphatic heterocycles. The number of ether oxygens (including phenoxy) is 2. The maximum absolute atomic E-state index is 13.6. The molecular formula is C16H8F15NO6S. The molecule has 23 heteroatoms. The van der Waals surface area contributed by atoms with Crippen LogP contribution in [0.25, 0.3) is 0 Å². The van der Waals surface area contributed by atoms with Gasteiger partial charge >= 0.3 is 53.2 Å². The fourth-order valence-corrected chi connectivity index (χ4v) is 2.90. The van der Waals surface area contributed by atoms with E-state index in [1.807, 2.05) is 0 Å². The summed E-state index contributed by atoms with van der Waals surface area (Å²) in [4.78, 5) is 19.7. The van der Waals surface area contributed by atoms with E-state index in [4.69, 9.17) is 0 Å². The van der Waals surface area contributed by atoms with Gasteiger partial charge in [0.25, 0.3) is 0 Å². The number of nitro groups is 1. The number of halogens is 15. The summed E-state index contributed by atoms with van der Waals surface area (Å²) in [6.45, 7) is -5.10. The van der Waals surface area contributed by atoms with Gasteiger partial charge in [0.15, 0.2) is 29.8 Å². The number of rotatable bonds is 12. The van der Waals surface area contributed by atoms with Crippen LogP contribution < -0.4 is 4.74 Å². The Bertz CT molecular complexity index is 1110. The van der Waals surface area contributed by atoms with Crippen LogP contribution in [0.15, 0.2) is 23.1 Å². The van der Waals surface area contributed by atoms with Crippen molar-refractivity contribution in [3.05, 3.63) is 28.3 Å². The topological polar surface area (TPSA) is 95.7 Å². The minimum atomic E-state index is -7.87. The lowest BCUT2D eigenvalue weighted by atomic mass is 9.94. The fraction of sp³-hybridized carbons (Fsp3) is 0.562. The molecule has 0 aliphatic carbocycles. The van der Waals surface area contributed by atoms with Crippen molar-refractivity contribution in [1.29, 1.82) is 0 Å². The van der Waals surface area contributed by atoms with E-state index >= 15 is 0 Å². The molecule has 0 radical (unpaired) electrons. The summed E-state index contributed by atoms with van der Waals surface area (Å²) in [5, 5.41) is 11.0. The molecule has 1 aromatic carbocycles. The number of benzene rings is 1. The summed E-state index contributed by atoms with van der Waals surface area (Å²) < 4.78 is 213. The number of hydrogen-bond donors (Lipinski definition) is 0. The number of nitrogens with zero attached hydrogens (tertiary/aromatic N) is 1. The third-order valence-electron chi connectivity index (χ3n) is 4.25. The largest absolute Gasteiger partial charge is 0.475 e. The van der Waals surface area contributed by atoms with Gasteiger partial charge in [-0.2, -0.15) is 57.1 Å². The second-order valence-electron chi connectivity index (χ2n) is 6.90. The molecule has 1 atom stereocenters. The molecule has 224 valence electrons. The molecule has 0 heterocycles. The first kappa shape index (κ1) is 34.0. The van der Waals surface area contributed by atoms with Gasteiger partial charge in [0.1, 0.15) is 0 Å². The Balaban J connectivity index is 3.06. The third-order valence-corrected chi connectivity index (χ3v) is 5.35. The van der Waals surface area contributed by atoms with Crippen LogP contribution in [-0.4, -0.2) is 69.9 Å². The number of carbonyl (C=O) groups is 1. The highest BCUT2D eigenvalue weighted by Crippen LogP contribution is 2.58. The van der Waals surface area contributed by atoms with Crippen molar-refractivity contribution < 1.29 is 89.3 Å². The van der Waals surface area contributed by atoms with Crippen LogP contribution in [0.4, 0.5) is 71.5 Å². The highest BCUT2D eigenvalue weighted by Gasteiger charge is 2.87. The molecule has 1 aromatic rings. The van der Waals surface area contributed by atoms with E-state index in [0.29, 0.717) is 12.1 Å². The van der Waals surface area contributed by atoms with Crippen LogP contribution in [0.1, 0.15) is 0 Å². The molecule has 0 bridgehead atoms. The summed E-state index contributed by atoms with van der Waals surface area (Å²) >= 11 is 0. The Morgan fingerprint density at radius 2 is 1.41 bits per heavy atom. The maximum atomic E-state index is 13.6. The van der Waals surface area contributed by atoms with Gasteiger partial charge in [-0.3, -0.25) is 10.1 Å². The lowest BCUT2D eigenvalue weighted by Crippen LogP contribution is -2.69. The quantitative estimate of drug-likeness (QED) is 0.130. The highest BCUT2D eigenvalue weighted by molar-refractivity contribution is 7.86. The minimum absolute atomic E-state index is 0.0381. The molecule has 7 nitrogen and oxygen atoms in total. The van der Waals surface area contributed by atoms with Gasteiger partial charge in [0, 0.05) is 6.07 Å². The van der Waals surface area contributed by atoms with Crippen LogP contribution in [0.5, 0.6) is 5.75 Å². The summed E-state index contributed by atoms with van der Waals surface area (Å²) in [5.74, 6) is -40.5. The third kappa shape index (κ3) is 6.42. The fourth-order valence-electron chi connectivity index (χ4n) is 2.22. The zero-order chi connectivity index (χ0) is 31.0. The van der Waals surface area contributed by atoms with Gasteiger partial charge in [0.2, 0.25) is 0 Å². The molecule has 1 unspecified atom stereocenters. The van der Waals surface area contributed by atoms with Crippen molar-refractivity contribution in [3.8, 4) is 5.75 Å². The molecule has 1 rings (SSSR count). The van der Waals surface area contributed by atoms with E-state index < -0.39 is 92.8 Å². The predicted molar refractivity (Wildman–Crippen MR) is 92.8 cm³/mol. The molecule has 0 saturated carbocycles. The predicted octanol–water partition coefficient (Wildman–Crippen LogP) is 5.59. The molecule has 0 aromatic heterocycles. The standard InChI is InChI=1S/C16H8F15NO6S/c17-10(18)12(21,22)14(25,26)15(27,28)13(23,24)11(19,20)5-38-9(33)4-37-8-2-1-6(3-7(8)32(34)35)39(36)16(29,30)31/h1-3,10H,4-5H2. The van der Waals surface area contributed by atoms with Crippen LogP contribution in [0.2, 0.25) is 0 Å². The zero-order valence-corrected chi connectivity index (χ0v) is 18.5. The van der Waals surface area contributed by atoms with Crippen molar-refractivity contribution >= 4 is 22.5 Å². The Kier molecular flexibility index (Phi) is 9.48. The van der Waals surface area contributed by atoms with Crippen molar-refractivity contribution in [2.75, 3.05) is 13.2 Å². The Labute approximate surface area is 206 Å². The molecule has 0 saturated heterocycles. The second kappa shape index (κ2) is 10.9. The highest BCUT2D eigenvalue weighted by atomic mass is 32.2. The van der Waals surface area contributed by atoms with E-state index in [9.17, 15) is 85.0 Å². The molecule has 0 spiro atoms. The average Bonchev–Trinajstić information content (AvgIpc) is 2.79. The van der Waals surface area contributed by atoms with Gasteiger partial charge in [-0.05, 0) is 12.1 Å². The van der Waals surface area contributed by atoms with Crippen LogP contribution in [0.3, 0.4) is 0 Å². The van der Waals surface area contributed by atoms with Crippen LogP contribution >= 0.6 is 0 Å². The molecule has 0 fully saturated rings. The number of alkyl halides is 15. The van der Waals surface area contributed by atoms with Crippen molar-refractivity contribution in [2.45, 2.75) is 46.4 Å².